The molecule has 0 atom stereocenters. The minimum atomic E-state index is -1.05. The molecule has 108 valence electrons. The lowest BCUT2D eigenvalue weighted by atomic mass is 10.2. The largest absolute Gasteiger partial charge is 0.478 e. The fourth-order valence-electron chi connectivity index (χ4n) is 2.07. The lowest BCUT2D eigenvalue weighted by Gasteiger charge is -2.19. The first-order valence-electron chi connectivity index (χ1n) is 6.58. The van der Waals surface area contributed by atoms with Gasteiger partial charge in [-0.2, -0.15) is 0 Å². The average Bonchev–Trinajstić information content (AvgIpc) is 3.22. The maximum absolute atomic E-state index is 12.0. The molecular formula is C14H17ClN2O3. The van der Waals surface area contributed by atoms with Crippen LogP contribution in [0.5, 0.6) is 0 Å². The second-order valence-corrected chi connectivity index (χ2v) is 5.25. The van der Waals surface area contributed by atoms with Gasteiger partial charge in [0.1, 0.15) is 0 Å². The Labute approximate surface area is 122 Å². The predicted molar refractivity (Wildman–Crippen MR) is 77.3 cm³/mol. The van der Waals surface area contributed by atoms with Crippen LogP contribution in [-0.2, 0) is 4.79 Å². The maximum atomic E-state index is 12.0. The normalized spacial score (nSPS) is 14.3. The molecule has 0 radical (unpaired) electrons. The first kappa shape index (κ1) is 14.8. The van der Waals surface area contributed by atoms with Crippen molar-refractivity contribution in [3.63, 3.8) is 0 Å². The molecule has 1 aromatic rings. The number of nitrogens with one attached hydrogen (secondary N) is 1. The number of hydrogen-bond donors (Lipinski definition) is 2. The van der Waals surface area contributed by atoms with E-state index in [0.29, 0.717) is 23.3 Å². The Morgan fingerprint density at radius 2 is 2.15 bits per heavy atom. The molecule has 20 heavy (non-hydrogen) atoms. The first-order valence-corrected chi connectivity index (χ1v) is 6.95. The van der Waals surface area contributed by atoms with Crippen molar-refractivity contribution in [2.75, 3.05) is 18.4 Å². The Kier molecular flexibility index (Phi) is 4.62. The number of amides is 1. The van der Waals surface area contributed by atoms with Crippen molar-refractivity contribution in [1.29, 1.82) is 0 Å². The van der Waals surface area contributed by atoms with Crippen molar-refractivity contribution in [2.24, 2.45) is 0 Å². The minimum Gasteiger partial charge on any atom is -0.478 e. The van der Waals surface area contributed by atoms with Gasteiger partial charge in [0.05, 0.1) is 22.8 Å². The third-order valence-electron chi connectivity index (χ3n) is 3.30. The van der Waals surface area contributed by atoms with Crippen LogP contribution in [0.2, 0.25) is 5.02 Å². The van der Waals surface area contributed by atoms with Gasteiger partial charge in [-0.05, 0) is 37.6 Å². The van der Waals surface area contributed by atoms with E-state index in [1.54, 1.807) is 0 Å². The fraction of sp³-hybridized carbons (Fsp3) is 0.429. The van der Waals surface area contributed by atoms with Gasteiger partial charge < -0.3 is 10.4 Å². The average molecular weight is 297 g/mol. The number of benzene rings is 1. The van der Waals surface area contributed by atoms with Gasteiger partial charge in [0, 0.05) is 6.04 Å². The maximum Gasteiger partial charge on any atom is 0.335 e. The monoisotopic (exact) mass is 296 g/mol. The zero-order valence-electron chi connectivity index (χ0n) is 11.2. The van der Waals surface area contributed by atoms with E-state index in [1.807, 2.05) is 6.92 Å². The Hall–Kier alpha value is -1.59. The van der Waals surface area contributed by atoms with Crippen LogP contribution in [0, 0.1) is 0 Å². The number of likely N-dealkylation sites (N-methyl/N-ethyl adjacent to an activating group) is 1. The lowest BCUT2D eigenvalue weighted by Crippen LogP contribution is -2.34. The zero-order valence-corrected chi connectivity index (χ0v) is 12.0. The minimum absolute atomic E-state index is 0.0965. The van der Waals surface area contributed by atoms with Crippen molar-refractivity contribution in [2.45, 2.75) is 25.8 Å². The fourth-order valence-corrected chi connectivity index (χ4v) is 2.23. The smallest absolute Gasteiger partial charge is 0.335 e. The van der Waals surface area contributed by atoms with E-state index in [2.05, 4.69) is 10.2 Å². The summed E-state index contributed by atoms with van der Waals surface area (Å²) < 4.78 is 0. The third kappa shape index (κ3) is 3.71. The SMILES string of the molecule is CCN(CC(=O)Nc1cc(C(=O)O)ccc1Cl)C1CC1. The van der Waals surface area contributed by atoms with Crippen LogP contribution in [0.15, 0.2) is 18.2 Å². The first-order chi connectivity index (χ1) is 9.51. The van der Waals surface area contributed by atoms with Gasteiger partial charge in [-0.25, -0.2) is 4.79 Å². The summed E-state index contributed by atoms with van der Waals surface area (Å²) in [5.41, 5.74) is 0.433. The molecule has 0 unspecified atom stereocenters. The molecule has 0 bridgehead atoms. The Balaban J connectivity index is 2.03. The number of carboxylic acids is 1. The van der Waals surface area contributed by atoms with E-state index in [0.717, 1.165) is 19.4 Å². The molecule has 1 fully saturated rings. The van der Waals surface area contributed by atoms with Crippen LogP contribution in [-0.4, -0.2) is 41.0 Å². The second kappa shape index (κ2) is 6.24. The number of rotatable bonds is 6. The van der Waals surface area contributed by atoms with Crippen LogP contribution >= 0.6 is 11.6 Å². The van der Waals surface area contributed by atoms with Gasteiger partial charge in [-0.1, -0.05) is 18.5 Å². The van der Waals surface area contributed by atoms with Crippen LogP contribution in [0.4, 0.5) is 5.69 Å². The summed E-state index contributed by atoms with van der Waals surface area (Å²) in [5, 5.41) is 11.9. The molecule has 0 aromatic heterocycles. The molecule has 0 spiro atoms. The van der Waals surface area contributed by atoms with Crippen LogP contribution in [0.25, 0.3) is 0 Å². The van der Waals surface area contributed by atoms with Crippen molar-refractivity contribution in [1.82, 2.24) is 4.90 Å². The summed E-state index contributed by atoms with van der Waals surface area (Å²) in [6.45, 7) is 3.14. The summed E-state index contributed by atoms with van der Waals surface area (Å²) in [6.07, 6.45) is 2.27. The molecule has 1 saturated carbocycles. The summed E-state index contributed by atoms with van der Waals surface area (Å²) in [7, 11) is 0. The quantitative estimate of drug-likeness (QED) is 0.846. The molecule has 0 aliphatic heterocycles. The van der Waals surface area contributed by atoms with Crippen molar-refractivity contribution in [3.8, 4) is 0 Å². The molecule has 1 aromatic carbocycles. The number of carbonyl (C=O) groups is 2. The molecule has 1 amide bonds. The number of carbonyl (C=O) groups excluding carboxylic acids is 1. The number of halogens is 1. The van der Waals surface area contributed by atoms with E-state index in [-0.39, 0.29) is 11.5 Å². The number of hydrogen-bond acceptors (Lipinski definition) is 3. The third-order valence-corrected chi connectivity index (χ3v) is 3.63. The Bertz CT molecular complexity index is 529. The topological polar surface area (TPSA) is 69.6 Å². The van der Waals surface area contributed by atoms with Gasteiger partial charge in [0.2, 0.25) is 5.91 Å². The van der Waals surface area contributed by atoms with Crippen molar-refractivity contribution < 1.29 is 14.7 Å². The van der Waals surface area contributed by atoms with E-state index >= 15 is 0 Å². The van der Waals surface area contributed by atoms with Crippen LogP contribution in [0.1, 0.15) is 30.1 Å². The van der Waals surface area contributed by atoms with Gasteiger partial charge in [-0.15, -0.1) is 0 Å². The molecular weight excluding hydrogens is 280 g/mol. The van der Waals surface area contributed by atoms with Gasteiger partial charge >= 0.3 is 5.97 Å². The Morgan fingerprint density at radius 1 is 1.45 bits per heavy atom. The van der Waals surface area contributed by atoms with E-state index in [4.69, 9.17) is 16.7 Å². The molecule has 1 aliphatic rings. The van der Waals surface area contributed by atoms with E-state index < -0.39 is 5.97 Å². The predicted octanol–water partition coefficient (Wildman–Crippen LogP) is 2.46. The van der Waals surface area contributed by atoms with Gasteiger partial charge in [0.15, 0.2) is 0 Å². The van der Waals surface area contributed by atoms with E-state index in [1.165, 1.54) is 18.2 Å². The number of aromatic carboxylic acids is 1. The van der Waals surface area contributed by atoms with Gasteiger partial charge in [-0.3, -0.25) is 9.69 Å². The highest BCUT2D eigenvalue weighted by Crippen LogP contribution is 2.27. The molecule has 2 N–H and O–H groups in total. The second-order valence-electron chi connectivity index (χ2n) is 4.84. The molecule has 0 heterocycles. The van der Waals surface area contributed by atoms with Crippen LogP contribution < -0.4 is 5.32 Å². The summed E-state index contributed by atoms with van der Waals surface area (Å²) in [5.74, 6) is -1.23. The molecule has 0 saturated heterocycles. The Morgan fingerprint density at radius 3 is 2.70 bits per heavy atom. The zero-order chi connectivity index (χ0) is 14.7. The number of anilines is 1. The molecule has 2 rings (SSSR count). The summed E-state index contributed by atoms with van der Waals surface area (Å²) in [6, 6.07) is 4.75. The summed E-state index contributed by atoms with van der Waals surface area (Å²) >= 11 is 5.97. The highest BCUT2D eigenvalue weighted by molar-refractivity contribution is 6.33. The molecule has 5 nitrogen and oxygen atoms in total. The van der Waals surface area contributed by atoms with E-state index in [9.17, 15) is 9.59 Å². The highest BCUT2D eigenvalue weighted by atomic mass is 35.5. The highest BCUT2D eigenvalue weighted by Gasteiger charge is 2.29. The summed E-state index contributed by atoms with van der Waals surface area (Å²) in [4.78, 5) is 25.0. The van der Waals surface area contributed by atoms with Crippen molar-refractivity contribution >= 4 is 29.2 Å². The molecule has 1 aliphatic carbocycles. The van der Waals surface area contributed by atoms with Crippen molar-refractivity contribution in [3.05, 3.63) is 28.8 Å². The standard InChI is InChI=1S/C14H17ClN2O3/c1-2-17(10-4-5-10)8-13(18)16-12-7-9(14(19)20)3-6-11(12)15/h3,6-7,10H,2,4-5,8H2,1H3,(H,16,18)(H,19,20). The number of carboxylic acid groups (broad SMARTS) is 1. The lowest BCUT2D eigenvalue weighted by molar-refractivity contribution is -0.117. The van der Waals surface area contributed by atoms with Gasteiger partial charge in [0.25, 0.3) is 0 Å². The molecule has 6 heteroatoms. The van der Waals surface area contributed by atoms with Crippen LogP contribution in [0.3, 0.4) is 0 Å². The number of nitrogens with zero attached hydrogens (tertiary/aromatic N) is 1.